The van der Waals surface area contributed by atoms with Gasteiger partial charge in [-0.15, -0.1) is 0 Å². The van der Waals surface area contributed by atoms with Crippen LogP contribution in [0.5, 0.6) is 0 Å². The Balaban J connectivity index is 1.21. The van der Waals surface area contributed by atoms with Crippen LogP contribution in [-0.2, 0) is 5.41 Å². The molecule has 57 heavy (non-hydrogen) atoms. The van der Waals surface area contributed by atoms with E-state index in [0.717, 1.165) is 72.0 Å². The van der Waals surface area contributed by atoms with Crippen molar-refractivity contribution >= 4 is 10.8 Å². The van der Waals surface area contributed by atoms with Crippen LogP contribution in [0, 0.1) is 22.7 Å². The third-order valence-electron chi connectivity index (χ3n) is 11.1. The normalized spacial score (nSPS) is 12.3. The van der Waals surface area contributed by atoms with Crippen molar-refractivity contribution in [2.75, 3.05) is 0 Å². The van der Waals surface area contributed by atoms with Crippen molar-refractivity contribution in [2.24, 2.45) is 0 Å². The minimum Gasteiger partial charge on any atom is -0.208 e. The van der Waals surface area contributed by atoms with E-state index in [4.69, 9.17) is 15.0 Å². The Morgan fingerprint density at radius 3 is 1.33 bits per heavy atom. The predicted molar refractivity (Wildman–Crippen MR) is 226 cm³/mol. The molecule has 10 rings (SSSR count). The van der Waals surface area contributed by atoms with Gasteiger partial charge in [-0.05, 0) is 67.9 Å². The molecule has 0 N–H and O–H groups in total. The van der Waals surface area contributed by atoms with Gasteiger partial charge in [0.1, 0.15) is 0 Å². The molecule has 1 aliphatic rings. The van der Waals surface area contributed by atoms with Gasteiger partial charge in [-0.3, -0.25) is 0 Å². The van der Waals surface area contributed by atoms with E-state index in [9.17, 15) is 10.5 Å². The molecule has 0 radical (unpaired) electrons. The highest BCUT2D eigenvalue weighted by molar-refractivity contribution is 6.11. The van der Waals surface area contributed by atoms with E-state index in [0.29, 0.717) is 28.6 Å². The number of hydrogen-bond donors (Lipinski definition) is 0. The molecule has 264 valence electrons. The van der Waals surface area contributed by atoms with Crippen LogP contribution in [0.25, 0.3) is 67.2 Å². The smallest absolute Gasteiger partial charge is 0.164 e. The van der Waals surface area contributed by atoms with Crippen LogP contribution in [0.3, 0.4) is 0 Å². The molecular formula is C52H31N5. The Bertz CT molecular complexity index is 2960. The molecule has 0 amide bonds. The quantitative estimate of drug-likeness (QED) is 0.170. The lowest BCUT2D eigenvalue weighted by atomic mass is 9.67. The molecule has 0 saturated heterocycles. The Morgan fingerprint density at radius 2 is 0.825 bits per heavy atom. The number of benzene rings is 8. The summed E-state index contributed by atoms with van der Waals surface area (Å²) in [5.74, 6) is 1.82. The van der Waals surface area contributed by atoms with Crippen molar-refractivity contribution < 1.29 is 0 Å². The second-order valence-corrected chi connectivity index (χ2v) is 14.2. The highest BCUT2D eigenvalue weighted by atomic mass is 15.0. The minimum atomic E-state index is -0.809. The summed E-state index contributed by atoms with van der Waals surface area (Å²) in [6, 6.07) is 68.6. The summed E-state index contributed by atoms with van der Waals surface area (Å²) in [6.07, 6.45) is 0. The van der Waals surface area contributed by atoms with Gasteiger partial charge in [0.25, 0.3) is 0 Å². The van der Waals surface area contributed by atoms with E-state index in [2.05, 4.69) is 115 Å². The molecule has 0 bridgehead atoms. The number of rotatable bonds is 6. The minimum absolute atomic E-state index is 0.457. The molecule has 0 saturated carbocycles. The van der Waals surface area contributed by atoms with Gasteiger partial charge < -0.3 is 0 Å². The maximum Gasteiger partial charge on any atom is 0.164 e. The van der Waals surface area contributed by atoms with Crippen molar-refractivity contribution in [1.29, 1.82) is 10.5 Å². The maximum atomic E-state index is 10.7. The fraction of sp³-hybridized carbons (Fsp3) is 0.0192. The molecule has 0 atom stereocenters. The third kappa shape index (κ3) is 5.41. The molecule has 8 aromatic carbocycles. The van der Waals surface area contributed by atoms with E-state index >= 15 is 0 Å². The molecule has 0 fully saturated rings. The molecule has 1 heterocycles. The zero-order valence-corrected chi connectivity index (χ0v) is 30.6. The predicted octanol–water partition coefficient (Wildman–Crippen LogP) is 11.8. The lowest BCUT2D eigenvalue weighted by Gasteiger charge is -2.34. The molecule has 0 aliphatic heterocycles. The lowest BCUT2D eigenvalue weighted by Crippen LogP contribution is -2.28. The van der Waals surface area contributed by atoms with E-state index < -0.39 is 5.41 Å². The van der Waals surface area contributed by atoms with E-state index in [1.54, 1.807) is 6.07 Å². The largest absolute Gasteiger partial charge is 0.208 e. The summed E-state index contributed by atoms with van der Waals surface area (Å²) in [5.41, 5.74) is 10.9. The van der Waals surface area contributed by atoms with Gasteiger partial charge >= 0.3 is 0 Å². The van der Waals surface area contributed by atoms with E-state index in [1.807, 2.05) is 78.9 Å². The Kier molecular flexibility index (Phi) is 8.07. The van der Waals surface area contributed by atoms with Crippen molar-refractivity contribution in [1.82, 2.24) is 15.0 Å². The van der Waals surface area contributed by atoms with Crippen LogP contribution in [0.15, 0.2) is 188 Å². The second kappa shape index (κ2) is 13.7. The van der Waals surface area contributed by atoms with E-state index in [-0.39, 0.29) is 0 Å². The SMILES string of the molecule is N#Cc1cc(C#N)c2c(c1)C(c1ccccc1)(c1ccccc1)c1cc(-c3ccc(-c4nc(-c5ccccc5)nc(-c5ccccc5)n4)cc3)c3ccccc3c1-2. The Labute approximate surface area is 330 Å². The molecule has 0 unspecified atom stereocenters. The van der Waals surface area contributed by atoms with Crippen LogP contribution in [-0.4, -0.2) is 15.0 Å². The van der Waals surface area contributed by atoms with Gasteiger partial charge in [0.2, 0.25) is 0 Å². The topological polar surface area (TPSA) is 86.2 Å². The van der Waals surface area contributed by atoms with Crippen molar-refractivity contribution in [3.8, 4) is 68.6 Å². The van der Waals surface area contributed by atoms with Crippen LogP contribution in [0.4, 0.5) is 0 Å². The molecular weight excluding hydrogens is 695 g/mol. The Morgan fingerprint density at radius 1 is 0.386 bits per heavy atom. The zero-order valence-electron chi connectivity index (χ0n) is 30.6. The van der Waals surface area contributed by atoms with Crippen LogP contribution in [0.2, 0.25) is 0 Å². The highest BCUT2D eigenvalue weighted by Gasteiger charge is 2.48. The number of nitrogens with zero attached hydrogens (tertiary/aromatic N) is 5. The van der Waals surface area contributed by atoms with Gasteiger partial charge in [0.15, 0.2) is 17.5 Å². The van der Waals surface area contributed by atoms with Crippen LogP contribution in [0.1, 0.15) is 33.4 Å². The molecule has 0 spiro atoms. The zero-order chi connectivity index (χ0) is 38.3. The van der Waals surface area contributed by atoms with Gasteiger partial charge in [-0.25, -0.2) is 15.0 Å². The standard InChI is InChI=1S/C52H31N5/c53-32-34-29-39(33-54)47-45(30-34)52(40-19-9-3-10-20-40,41-21-11-4-12-22-41)46-31-44(42-23-13-14-24-43(42)48(46)47)35-25-27-38(28-26-35)51-56-49(36-15-5-1-6-16-36)55-50(57-51)37-17-7-2-8-18-37/h1-31H. The highest BCUT2D eigenvalue weighted by Crippen LogP contribution is 2.60. The first-order valence-electron chi connectivity index (χ1n) is 18.8. The maximum absolute atomic E-state index is 10.7. The summed E-state index contributed by atoms with van der Waals surface area (Å²) in [4.78, 5) is 14.8. The lowest BCUT2D eigenvalue weighted by molar-refractivity contribution is 0.769. The second-order valence-electron chi connectivity index (χ2n) is 14.2. The monoisotopic (exact) mass is 725 g/mol. The average Bonchev–Trinajstić information content (AvgIpc) is 3.60. The van der Waals surface area contributed by atoms with E-state index in [1.165, 1.54) is 0 Å². The van der Waals surface area contributed by atoms with Gasteiger partial charge in [0.05, 0.1) is 28.7 Å². The van der Waals surface area contributed by atoms with Crippen LogP contribution >= 0.6 is 0 Å². The average molecular weight is 726 g/mol. The summed E-state index contributed by atoms with van der Waals surface area (Å²) in [7, 11) is 0. The number of fused-ring (bicyclic) bond motifs is 5. The summed E-state index contributed by atoms with van der Waals surface area (Å²) in [6.45, 7) is 0. The summed E-state index contributed by atoms with van der Waals surface area (Å²) in [5, 5.41) is 23.0. The fourth-order valence-electron chi connectivity index (χ4n) is 8.59. The summed E-state index contributed by atoms with van der Waals surface area (Å²) >= 11 is 0. The molecule has 5 heteroatoms. The Hall–Kier alpha value is -7.99. The van der Waals surface area contributed by atoms with Crippen LogP contribution < -0.4 is 0 Å². The molecule has 5 nitrogen and oxygen atoms in total. The van der Waals surface area contributed by atoms with Gasteiger partial charge in [-0.2, -0.15) is 10.5 Å². The number of aromatic nitrogens is 3. The molecule has 9 aromatic rings. The number of hydrogen-bond acceptors (Lipinski definition) is 5. The molecule has 1 aromatic heterocycles. The summed E-state index contributed by atoms with van der Waals surface area (Å²) < 4.78 is 0. The van der Waals surface area contributed by atoms with Gasteiger partial charge in [-0.1, -0.05) is 170 Å². The van der Waals surface area contributed by atoms with Crippen molar-refractivity contribution in [2.45, 2.75) is 5.41 Å². The number of nitriles is 2. The third-order valence-corrected chi connectivity index (χ3v) is 11.1. The van der Waals surface area contributed by atoms with Gasteiger partial charge in [0, 0.05) is 22.3 Å². The van der Waals surface area contributed by atoms with Crippen molar-refractivity contribution in [3.63, 3.8) is 0 Å². The fourth-order valence-corrected chi connectivity index (χ4v) is 8.59. The first-order chi connectivity index (χ1) is 28.2. The first kappa shape index (κ1) is 33.6. The van der Waals surface area contributed by atoms with Crippen molar-refractivity contribution in [3.05, 3.63) is 221 Å². The molecule has 1 aliphatic carbocycles. The first-order valence-corrected chi connectivity index (χ1v) is 18.8.